The van der Waals surface area contributed by atoms with Crippen molar-refractivity contribution in [3.8, 4) is 0 Å². The summed E-state index contributed by atoms with van der Waals surface area (Å²) in [4.78, 5) is 8.81. The smallest absolute Gasteiger partial charge is 0.0423 e. The van der Waals surface area contributed by atoms with Crippen LogP contribution < -0.4 is 5.32 Å². The normalized spacial score (nSPS) is 12.4. The maximum atomic E-state index is 4.57. The number of hydrogen-bond donors (Lipinski definition) is 1. The fourth-order valence-corrected chi connectivity index (χ4v) is 2.82. The van der Waals surface area contributed by atoms with E-state index in [0.29, 0.717) is 0 Å². The second-order valence-electron chi connectivity index (χ2n) is 4.95. The predicted molar refractivity (Wildman–Crippen MR) is 85.8 cm³/mol. The maximum absolute atomic E-state index is 4.57. The van der Waals surface area contributed by atoms with Crippen molar-refractivity contribution in [2.75, 3.05) is 6.54 Å². The average Bonchev–Trinajstić information content (AvgIpc) is 2.38. The van der Waals surface area contributed by atoms with E-state index in [1.165, 1.54) is 11.1 Å². The number of pyridine rings is 2. The Kier molecular flexibility index (Phi) is 5.26. The molecule has 0 aliphatic heterocycles. The lowest BCUT2D eigenvalue weighted by Gasteiger charge is -2.20. The van der Waals surface area contributed by atoms with Crippen molar-refractivity contribution in [1.82, 2.24) is 15.3 Å². The third-order valence-corrected chi connectivity index (χ3v) is 3.73. The van der Waals surface area contributed by atoms with E-state index in [2.05, 4.69) is 63.3 Å². The monoisotopic (exact) mass is 333 g/mol. The molecule has 0 fully saturated rings. The van der Waals surface area contributed by atoms with Gasteiger partial charge in [-0.15, -0.1) is 0 Å². The summed E-state index contributed by atoms with van der Waals surface area (Å²) in [6, 6.07) is 6.64. The molecule has 0 aliphatic rings. The van der Waals surface area contributed by atoms with E-state index in [9.17, 15) is 0 Å². The Morgan fingerprint density at radius 1 is 1.25 bits per heavy atom. The first-order chi connectivity index (χ1) is 9.60. The topological polar surface area (TPSA) is 37.8 Å². The molecule has 0 saturated heterocycles. The SMILES string of the molecule is CCNC(Cc1cncc(Br)c1)c1ccc(C)nc1C. The summed E-state index contributed by atoms with van der Waals surface area (Å²) < 4.78 is 1.02. The summed E-state index contributed by atoms with van der Waals surface area (Å²) >= 11 is 3.48. The van der Waals surface area contributed by atoms with Crippen LogP contribution in [0.15, 0.2) is 35.1 Å². The number of aromatic nitrogens is 2. The summed E-state index contributed by atoms with van der Waals surface area (Å²) in [7, 11) is 0. The number of nitrogens with one attached hydrogen (secondary N) is 1. The van der Waals surface area contributed by atoms with Crippen molar-refractivity contribution < 1.29 is 0 Å². The van der Waals surface area contributed by atoms with E-state index in [0.717, 1.165) is 28.8 Å². The zero-order chi connectivity index (χ0) is 14.5. The first-order valence-electron chi connectivity index (χ1n) is 6.87. The van der Waals surface area contributed by atoms with Gasteiger partial charge in [-0.3, -0.25) is 9.97 Å². The van der Waals surface area contributed by atoms with Gasteiger partial charge in [0.1, 0.15) is 0 Å². The van der Waals surface area contributed by atoms with Crippen molar-refractivity contribution >= 4 is 15.9 Å². The summed E-state index contributed by atoms with van der Waals surface area (Å²) in [5.74, 6) is 0. The van der Waals surface area contributed by atoms with E-state index < -0.39 is 0 Å². The summed E-state index contributed by atoms with van der Waals surface area (Å²) in [6.45, 7) is 7.16. The molecule has 0 radical (unpaired) electrons. The van der Waals surface area contributed by atoms with Crippen LogP contribution >= 0.6 is 15.9 Å². The van der Waals surface area contributed by atoms with Gasteiger partial charge in [-0.05, 0) is 66.0 Å². The van der Waals surface area contributed by atoms with Crippen molar-refractivity contribution in [3.63, 3.8) is 0 Å². The van der Waals surface area contributed by atoms with Crippen LogP contribution in [0.4, 0.5) is 0 Å². The van der Waals surface area contributed by atoms with Gasteiger partial charge in [0.2, 0.25) is 0 Å². The Bertz CT molecular complexity index is 584. The van der Waals surface area contributed by atoms with E-state index in [1.807, 2.05) is 19.3 Å². The lowest BCUT2D eigenvalue weighted by molar-refractivity contribution is 0.544. The number of rotatable bonds is 5. The zero-order valence-electron chi connectivity index (χ0n) is 12.2. The Hall–Kier alpha value is -1.26. The quantitative estimate of drug-likeness (QED) is 0.905. The molecule has 0 bridgehead atoms. The molecule has 0 spiro atoms. The molecule has 2 aromatic heterocycles. The van der Waals surface area contributed by atoms with Crippen LogP contribution in [0.25, 0.3) is 0 Å². The molecule has 2 rings (SSSR count). The summed E-state index contributed by atoms with van der Waals surface area (Å²) in [5.41, 5.74) is 4.63. The van der Waals surface area contributed by atoms with Crippen LogP contribution in [-0.2, 0) is 6.42 Å². The zero-order valence-corrected chi connectivity index (χ0v) is 13.7. The molecule has 1 N–H and O–H groups in total. The molecule has 3 nitrogen and oxygen atoms in total. The molecule has 0 amide bonds. The minimum absolute atomic E-state index is 0.268. The van der Waals surface area contributed by atoms with E-state index in [1.54, 1.807) is 0 Å². The van der Waals surface area contributed by atoms with Crippen molar-refractivity contribution in [3.05, 3.63) is 57.6 Å². The summed E-state index contributed by atoms with van der Waals surface area (Å²) in [5, 5.41) is 3.54. The molecule has 20 heavy (non-hydrogen) atoms. The Labute approximate surface area is 129 Å². The van der Waals surface area contributed by atoms with Crippen LogP contribution in [0, 0.1) is 13.8 Å². The molecule has 4 heteroatoms. The number of nitrogens with zero attached hydrogens (tertiary/aromatic N) is 2. The highest BCUT2D eigenvalue weighted by atomic mass is 79.9. The predicted octanol–water partition coefficient (Wildman–Crippen LogP) is 3.75. The van der Waals surface area contributed by atoms with E-state index >= 15 is 0 Å². The van der Waals surface area contributed by atoms with Gasteiger partial charge in [0.25, 0.3) is 0 Å². The molecule has 1 atom stereocenters. The first kappa shape index (κ1) is 15.1. The summed E-state index contributed by atoms with van der Waals surface area (Å²) in [6.07, 6.45) is 4.64. The highest BCUT2D eigenvalue weighted by molar-refractivity contribution is 9.10. The third-order valence-electron chi connectivity index (χ3n) is 3.29. The molecular formula is C16H20BrN3. The first-order valence-corrected chi connectivity index (χ1v) is 7.66. The van der Waals surface area contributed by atoms with Crippen molar-refractivity contribution in [2.24, 2.45) is 0 Å². The maximum Gasteiger partial charge on any atom is 0.0423 e. The van der Waals surface area contributed by atoms with Gasteiger partial charge in [0.05, 0.1) is 0 Å². The van der Waals surface area contributed by atoms with Crippen molar-refractivity contribution in [2.45, 2.75) is 33.2 Å². The van der Waals surface area contributed by atoms with E-state index in [4.69, 9.17) is 0 Å². The Balaban J connectivity index is 2.26. The van der Waals surface area contributed by atoms with Crippen molar-refractivity contribution in [1.29, 1.82) is 0 Å². The van der Waals surface area contributed by atoms with Gasteiger partial charge < -0.3 is 5.32 Å². The molecular weight excluding hydrogens is 314 g/mol. The number of hydrogen-bond acceptors (Lipinski definition) is 3. The third kappa shape index (κ3) is 3.87. The van der Waals surface area contributed by atoms with Crippen LogP contribution in [0.1, 0.15) is 35.5 Å². The van der Waals surface area contributed by atoms with E-state index in [-0.39, 0.29) is 6.04 Å². The Morgan fingerprint density at radius 3 is 2.70 bits per heavy atom. The molecule has 106 valence electrons. The average molecular weight is 334 g/mol. The largest absolute Gasteiger partial charge is 0.310 e. The molecule has 0 aromatic carbocycles. The minimum atomic E-state index is 0.268. The second kappa shape index (κ2) is 6.95. The second-order valence-corrected chi connectivity index (χ2v) is 5.87. The molecule has 0 aliphatic carbocycles. The Morgan fingerprint density at radius 2 is 2.05 bits per heavy atom. The molecule has 2 aromatic rings. The van der Waals surface area contributed by atoms with Gasteiger partial charge in [-0.25, -0.2) is 0 Å². The van der Waals surface area contributed by atoms with Gasteiger partial charge in [-0.1, -0.05) is 13.0 Å². The lowest BCUT2D eigenvalue weighted by atomic mass is 9.98. The van der Waals surface area contributed by atoms with Crippen LogP contribution in [-0.4, -0.2) is 16.5 Å². The molecule has 1 unspecified atom stereocenters. The molecule has 0 saturated carbocycles. The van der Waals surface area contributed by atoms with Gasteiger partial charge in [-0.2, -0.15) is 0 Å². The molecule has 2 heterocycles. The van der Waals surface area contributed by atoms with Crippen LogP contribution in [0.3, 0.4) is 0 Å². The standard InChI is InChI=1S/C16H20BrN3/c1-4-19-16(8-13-7-14(17)10-18-9-13)15-6-5-11(2)20-12(15)3/h5-7,9-10,16,19H,4,8H2,1-3H3. The van der Waals surface area contributed by atoms with Gasteiger partial charge >= 0.3 is 0 Å². The van der Waals surface area contributed by atoms with Crippen LogP contribution in [0.5, 0.6) is 0 Å². The number of likely N-dealkylation sites (N-methyl/N-ethyl adjacent to an activating group) is 1. The highest BCUT2D eigenvalue weighted by Gasteiger charge is 2.14. The fourth-order valence-electron chi connectivity index (χ4n) is 2.41. The van der Waals surface area contributed by atoms with Gasteiger partial charge in [0, 0.05) is 34.3 Å². The minimum Gasteiger partial charge on any atom is -0.310 e. The number of halogens is 1. The fraction of sp³-hybridized carbons (Fsp3) is 0.375. The van der Waals surface area contributed by atoms with Gasteiger partial charge in [0.15, 0.2) is 0 Å². The highest BCUT2D eigenvalue weighted by Crippen LogP contribution is 2.22. The number of aryl methyl sites for hydroxylation is 2. The van der Waals surface area contributed by atoms with Crippen LogP contribution in [0.2, 0.25) is 0 Å². The lowest BCUT2D eigenvalue weighted by Crippen LogP contribution is -2.24.